The first-order valence-electron chi connectivity index (χ1n) is 11.7. The van der Waals surface area contributed by atoms with Crippen LogP contribution in [0, 0.1) is 23.4 Å². The molecule has 5 rings (SSSR count). The van der Waals surface area contributed by atoms with E-state index in [-0.39, 0.29) is 31.3 Å². The van der Waals surface area contributed by atoms with Crippen LogP contribution >= 0.6 is 11.3 Å². The summed E-state index contributed by atoms with van der Waals surface area (Å²) in [4.78, 5) is 19.2. The molecule has 10 heteroatoms. The zero-order valence-corrected chi connectivity index (χ0v) is 20.8. The Morgan fingerprint density at radius 2 is 1.92 bits per heavy atom. The van der Waals surface area contributed by atoms with Crippen molar-refractivity contribution in [2.45, 2.75) is 13.0 Å². The zero-order valence-electron chi connectivity index (χ0n) is 20.0. The van der Waals surface area contributed by atoms with Gasteiger partial charge in [-0.25, -0.2) is 18.2 Å². The Labute approximate surface area is 215 Å². The van der Waals surface area contributed by atoms with Gasteiger partial charge in [-0.05, 0) is 47.9 Å². The summed E-state index contributed by atoms with van der Waals surface area (Å²) in [5, 5.41) is 9.63. The molecule has 192 valence electrons. The van der Waals surface area contributed by atoms with Crippen LogP contribution in [0.2, 0.25) is 0 Å². The van der Waals surface area contributed by atoms with E-state index in [1.807, 2.05) is 4.90 Å². The Morgan fingerprint density at radius 1 is 1.11 bits per heavy atom. The maximum absolute atomic E-state index is 15.0. The highest BCUT2D eigenvalue weighted by Gasteiger charge is 2.33. The summed E-state index contributed by atoms with van der Waals surface area (Å²) < 4.78 is 49.4. The van der Waals surface area contributed by atoms with Gasteiger partial charge in [-0.15, -0.1) is 0 Å². The monoisotopic (exact) mass is 527 g/mol. The highest BCUT2D eigenvalue weighted by molar-refractivity contribution is 7.22. The fraction of sp³-hybridized carbons (Fsp3) is 0.259. The number of fused-ring (bicyclic) bond motifs is 1. The maximum Gasteiger partial charge on any atom is 0.310 e. The van der Waals surface area contributed by atoms with Crippen LogP contribution in [0.1, 0.15) is 11.1 Å². The van der Waals surface area contributed by atoms with E-state index in [0.717, 1.165) is 0 Å². The number of rotatable bonds is 9. The molecule has 1 aliphatic rings. The number of aromatic nitrogens is 1. The number of hydrogen-bond acceptors (Lipinski definition) is 6. The lowest BCUT2D eigenvalue weighted by Crippen LogP contribution is -2.50. The Kier molecular flexibility index (Phi) is 6.92. The summed E-state index contributed by atoms with van der Waals surface area (Å²) in [6, 6.07) is 14.2. The zero-order chi connectivity index (χ0) is 26.1. The van der Waals surface area contributed by atoms with E-state index in [1.165, 1.54) is 36.6 Å². The summed E-state index contributed by atoms with van der Waals surface area (Å²) >= 11 is 1.19. The van der Waals surface area contributed by atoms with Crippen molar-refractivity contribution >= 4 is 38.3 Å². The van der Waals surface area contributed by atoms with Crippen LogP contribution in [0.3, 0.4) is 0 Å². The molecule has 3 aromatic carbocycles. The van der Waals surface area contributed by atoms with Crippen molar-refractivity contribution in [1.29, 1.82) is 0 Å². The fourth-order valence-corrected chi connectivity index (χ4v) is 5.35. The highest BCUT2D eigenvalue weighted by atomic mass is 32.1. The molecule has 1 N–H and O–H groups in total. The smallest absolute Gasteiger partial charge is 0.310 e. The number of ether oxygens (including phenoxy) is 1. The van der Waals surface area contributed by atoms with Crippen LogP contribution in [0.15, 0.2) is 54.6 Å². The molecule has 0 radical (unpaired) electrons. The predicted molar refractivity (Wildman–Crippen MR) is 137 cm³/mol. The molecule has 0 spiro atoms. The molecular weight excluding hydrogens is 503 g/mol. The summed E-state index contributed by atoms with van der Waals surface area (Å²) in [5.74, 6) is -2.16. The second-order valence-electron chi connectivity index (χ2n) is 8.94. The quantitative estimate of drug-likeness (QED) is 0.311. The van der Waals surface area contributed by atoms with Gasteiger partial charge in [0, 0.05) is 32.2 Å². The molecule has 37 heavy (non-hydrogen) atoms. The Balaban J connectivity index is 1.39. The van der Waals surface area contributed by atoms with Crippen molar-refractivity contribution in [2.24, 2.45) is 5.92 Å². The first-order valence-corrected chi connectivity index (χ1v) is 12.5. The molecule has 0 atom stereocenters. The van der Waals surface area contributed by atoms with Gasteiger partial charge >= 0.3 is 5.97 Å². The molecule has 1 aromatic heterocycles. The van der Waals surface area contributed by atoms with Gasteiger partial charge in [0.2, 0.25) is 0 Å². The first-order chi connectivity index (χ1) is 17.8. The minimum Gasteiger partial charge on any atom is -0.497 e. The number of anilines is 2. The number of benzene rings is 3. The van der Waals surface area contributed by atoms with E-state index < -0.39 is 17.7 Å². The SMILES string of the molecule is COc1ccc(CCN(Cc2ccc(N3CC(C(=O)O)C3)c(F)c2)c2nc3cccc(F)c3s2)c(F)c1. The topological polar surface area (TPSA) is 65.9 Å². The summed E-state index contributed by atoms with van der Waals surface area (Å²) in [5.41, 5.74) is 2.03. The molecular formula is C27H24F3N3O3S. The number of hydrogen-bond donors (Lipinski definition) is 1. The minimum atomic E-state index is -0.885. The average molecular weight is 528 g/mol. The van der Waals surface area contributed by atoms with E-state index in [2.05, 4.69) is 4.98 Å². The van der Waals surface area contributed by atoms with Gasteiger partial charge in [-0.3, -0.25) is 4.79 Å². The number of halogens is 3. The van der Waals surface area contributed by atoms with Crippen molar-refractivity contribution in [3.63, 3.8) is 0 Å². The van der Waals surface area contributed by atoms with Gasteiger partial charge in [0.05, 0.1) is 28.9 Å². The number of nitrogens with zero attached hydrogens (tertiary/aromatic N) is 3. The Hall–Kier alpha value is -3.79. The van der Waals surface area contributed by atoms with Crippen LogP contribution in [-0.4, -0.2) is 42.8 Å². The lowest BCUT2D eigenvalue weighted by molar-refractivity contribution is -0.142. The van der Waals surface area contributed by atoms with Crippen molar-refractivity contribution in [1.82, 2.24) is 4.98 Å². The van der Waals surface area contributed by atoms with Crippen molar-refractivity contribution < 1.29 is 27.8 Å². The maximum atomic E-state index is 15.0. The lowest BCUT2D eigenvalue weighted by Gasteiger charge is -2.38. The predicted octanol–water partition coefficient (Wildman–Crippen LogP) is 5.49. The van der Waals surface area contributed by atoms with Gasteiger partial charge in [0.15, 0.2) is 5.13 Å². The molecule has 1 saturated heterocycles. The van der Waals surface area contributed by atoms with Crippen LogP contribution in [0.4, 0.5) is 24.0 Å². The van der Waals surface area contributed by atoms with Gasteiger partial charge in [-0.1, -0.05) is 29.5 Å². The van der Waals surface area contributed by atoms with E-state index in [4.69, 9.17) is 9.84 Å². The van der Waals surface area contributed by atoms with Gasteiger partial charge < -0.3 is 19.6 Å². The number of methoxy groups -OCH3 is 1. The average Bonchev–Trinajstić information content (AvgIpc) is 3.28. The molecule has 6 nitrogen and oxygen atoms in total. The molecule has 4 aromatic rings. The molecule has 0 aliphatic carbocycles. The third-order valence-corrected chi connectivity index (χ3v) is 7.63. The standard InChI is InChI=1S/C27H24F3N3O3S/c1-36-19-7-6-17(21(29)12-19)9-10-32(27-31-23-4-2-3-20(28)25(23)37-27)13-16-5-8-24(22(30)11-16)33-14-18(15-33)26(34)35/h2-8,11-12,18H,9-10,13-15H2,1H3,(H,34,35). The minimum absolute atomic E-state index is 0.266. The van der Waals surface area contributed by atoms with Gasteiger partial charge in [0.1, 0.15) is 23.2 Å². The molecule has 0 saturated carbocycles. The second-order valence-corrected chi connectivity index (χ2v) is 9.92. The molecule has 2 heterocycles. The third-order valence-electron chi connectivity index (χ3n) is 6.49. The Bertz CT molecular complexity index is 1460. The Morgan fingerprint density at radius 3 is 2.59 bits per heavy atom. The summed E-state index contributed by atoms with van der Waals surface area (Å²) in [7, 11) is 1.47. The number of carboxylic acids is 1. The molecule has 0 amide bonds. The van der Waals surface area contributed by atoms with Gasteiger partial charge in [-0.2, -0.15) is 0 Å². The fourth-order valence-electron chi connectivity index (χ4n) is 4.35. The van der Waals surface area contributed by atoms with E-state index in [1.54, 1.807) is 41.3 Å². The van der Waals surface area contributed by atoms with Crippen LogP contribution in [0.25, 0.3) is 10.2 Å². The summed E-state index contributed by atoms with van der Waals surface area (Å²) in [6.45, 7) is 1.17. The normalized spacial score (nSPS) is 13.6. The first kappa shape index (κ1) is 24.9. The van der Waals surface area contributed by atoms with Crippen LogP contribution in [0.5, 0.6) is 5.75 Å². The third kappa shape index (κ3) is 5.20. The number of aliphatic carboxylic acids is 1. The lowest BCUT2D eigenvalue weighted by atomic mass is 9.99. The molecule has 0 unspecified atom stereocenters. The van der Waals surface area contributed by atoms with Gasteiger partial charge in [0.25, 0.3) is 0 Å². The van der Waals surface area contributed by atoms with E-state index in [9.17, 15) is 18.0 Å². The van der Waals surface area contributed by atoms with Crippen molar-refractivity contribution in [3.05, 3.63) is 83.2 Å². The van der Waals surface area contributed by atoms with Crippen molar-refractivity contribution in [2.75, 3.05) is 36.5 Å². The summed E-state index contributed by atoms with van der Waals surface area (Å²) in [6.07, 6.45) is 0.346. The van der Waals surface area contributed by atoms with E-state index >= 15 is 0 Å². The second kappa shape index (κ2) is 10.3. The molecule has 1 aliphatic heterocycles. The van der Waals surface area contributed by atoms with E-state index in [0.29, 0.717) is 50.9 Å². The van der Waals surface area contributed by atoms with Crippen LogP contribution in [-0.2, 0) is 17.8 Å². The van der Waals surface area contributed by atoms with Crippen molar-refractivity contribution in [3.8, 4) is 5.75 Å². The number of carbonyl (C=O) groups is 1. The largest absolute Gasteiger partial charge is 0.497 e. The highest BCUT2D eigenvalue weighted by Crippen LogP contribution is 2.33. The van der Waals surface area contributed by atoms with Crippen LogP contribution < -0.4 is 14.5 Å². The molecule has 0 bridgehead atoms. The number of thiazole rings is 1. The number of carboxylic acid groups (broad SMARTS) is 1. The molecule has 1 fully saturated rings.